The van der Waals surface area contributed by atoms with Crippen molar-refractivity contribution in [2.75, 3.05) is 7.11 Å². The number of rotatable bonds is 3. The number of nitrogens with zero attached hydrogens (tertiary/aromatic N) is 1. The second kappa shape index (κ2) is 5.80. The maximum absolute atomic E-state index is 5.17. The molecule has 0 saturated heterocycles. The van der Waals surface area contributed by atoms with Gasteiger partial charge in [0.1, 0.15) is 5.75 Å². The summed E-state index contributed by atoms with van der Waals surface area (Å²) in [5, 5.41) is 0. The molecule has 1 aromatic heterocycles. The molecule has 0 N–H and O–H groups in total. The van der Waals surface area contributed by atoms with Crippen LogP contribution in [0.5, 0.6) is 5.75 Å². The molecule has 0 aliphatic rings. The number of pyridine rings is 1. The minimum absolute atomic E-state index is 0.857. The maximum Gasteiger partial charge on any atom is 0.118 e. The van der Waals surface area contributed by atoms with Gasteiger partial charge in [-0.2, -0.15) is 0 Å². The number of hydrogen-bond acceptors (Lipinski definition) is 2. The lowest BCUT2D eigenvalue weighted by Crippen LogP contribution is -1.86. The van der Waals surface area contributed by atoms with Crippen LogP contribution in [0.1, 0.15) is 5.56 Å². The summed E-state index contributed by atoms with van der Waals surface area (Å²) in [6.45, 7) is 2.09. The van der Waals surface area contributed by atoms with Gasteiger partial charge in [0.2, 0.25) is 0 Å². The highest BCUT2D eigenvalue weighted by atomic mass is 16.5. The van der Waals surface area contributed by atoms with Gasteiger partial charge in [-0.25, -0.2) is 0 Å². The van der Waals surface area contributed by atoms with Crippen LogP contribution < -0.4 is 4.74 Å². The van der Waals surface area contributed by atoms with Crippen molar-refractivity contribution in [3.05, 3.63) is 72.4 Å². The molecule has 2 nitrogen and oxygen atoms in total. The van der Waals surface area contributed by atoms with Crippen LogP contribution in [0.4, 0.5) is 0 Å². The van der Waals surface area contributed by atoms with Crippen molar-refractivity contribution in [2.24, 2.45) is 0 Å². The summed E-state index contributed by atoms with van der Waals surface area (Å²) in [5.74, 6) is 0.857. The Bertz CT molecular complexity index is 713. The summed E-state index contributed by atoms with van der Waals surface area (Å²) >= 11 is 0. The summed E-state index contributed by atoms with van der Waals surface area (Å²) in [7, 11) is 1.67. The van der Waals surface area contributed by atoms with E-state index >= 15 is 0 Å². The molecule has 1 heterocycles. The van der Waals surface area contributed by atoms with Gasteiger partial charge in [0.25, 0.3) is 0 Å². The Morgan fingerprint density at radius 3 is 1.90 bits per heavy atom. The molecule has 3 rings (SSSR count). The highest BCUT2D eigenvalue weighted by Gasteiger charge is 2.02. The number of aryl methyl sites for hydroxylation is 1. The van der Waals surface area contributed by atoms with Crippen molar-refractivity contribution in [3.8, 4) is 28.1 Å². The zero-order valence-corrected chi connectivity index (χ0v) is 12.2. The lowest BCUT2D eigenvalue weighted by atomic mass is 10.0. The Morgan fingerprint density at radius 2 is 1.33 bits per heavy atom. The van der Waals surface area contributed by atoms with E-state index in [1.807, 2.05) is 30.5 Å². The summed E-state index contributed by atoms with van der Waals surface area (Å²) in [6.07, 6.45) is 1.92. The summed E-state index contributed by atoms with van der Waals surface area (Å²) in [4.78, 5) is 4.56. The van der Waals surface area contributed by atoms with Gasteiger partial charge >= 0.3 is 0 Å². The Hall–Kier alpha value is -2.61. The Kier molecular flexibility index (Phi) is 3.69. The molecule has 0 radical (unpaired) electrons. The zero-order chi connectivity index (χ0) is 14.7. The number of hydrogen-bond donors (Lipinski definition) is 0. The van der Waals surface area contributed by atoms with Crippen molar-refractivity contribution in [2.45, 2.75) is 6.92 Å². The van der Waals surface area contributed by atoms with E-state index in [0.717, 1.165) is 22.6 Å². The van der Waals surface area contributed by atoms with Crippen molar-refractivity contribution in [1.29, 1.82) is 0 Å². The molecule has 0 amide bonds. The molecule has 0 saturated carbocycles. The Labute approximate surface area is 125 Å². The maximum atomic E-state index is 5.17. The van der Waals surface area contributed by atoms with Crippen LogP contribution >= 0.6 is 0 Å². The van der Waals surface area contributed by atoms with Crippen LogP contribution in [0.2, 0.25) is 0 Å². The Balaban J connectivity index is 1.87. The number of methoxy groups -OCH3 is 1. The molecule has 0 aliphatic carbocycles. The highest BCUT2D eigenvalue weighted by molar-refractivity contribution is 5.67. The number of benzene rings is 2. The van der Waals surface area contributed by atoms with Gasteiger partial charge in [-0.1, -0.05) is 35.9 Å². The smallest absolute Gasteiger partial charge is 0.118 e. The first-order chi connectivity index (χ1) is 10.3. The first kappa shape index (κ1) is 13.4. The molecule has 0 fully saturated rings. The third kappa shape index (κ3) is 2.95. The van der Waals surface area contributed by atoms with Crippen LogP contribution in [-0.2, 0) is 0 Å². The fraction of sp³-hybridized carbons (Fsp3) is 0.105. The Morgan fingerprint density at radius 1 is 0.714 bits per heavy atom. The van der Waals surface area contributed by atoms with Crippen LogP contribution in [0, 0.1) is 6.92 Å². The molecule has 21 heavy (non-hydrogen) atoms. The molecule has 0 atom stereocenters. The van der Waals surface area contributed by atoms with E-state index in [0.29, 0.717) is 0 Å². The molecule has 0 unspecified atom stereocenters. The van der Waals surface area contributed by atoms with E-state index < -0.39 is 0 Å². The van der Waals surface area contributed by atoms with Crippen molar-refractivity contribution in [1.82, 2.24) is 4.98 Å². The molecule has 2 heteroatoms. The van der Waals surface area contributed by atoms with Crippen LogP contribution in [0.25, 0.3) is 22.4 Å². The average Bonchev–Trinajstić information content (AvgIpc) is 2.56. The van der Waals surface area contributed by atoms with E-state index in [9.17, 15) is 0 Å². The predicted molar refractivity (Wildman–Crippen MR) is 86.4 cm³/mol. The van der Waals surface area contributed by atoms with E-state index in [1.54, 1.807) is 7.11 Å². The molecular formula is C19H17NO. The van der Waals surface area contributed by atoms with Gasteiger partial charge in [-0.05, 0) is 42.8 Å². The summed E-state index contributed by atoms with van der Waals surface area (Å²) in [5.41, 5.74) is 5.64. The predicted octanol–water partition coefficient (Wildman–Crippen LogP) is 4.73. The van der Waals surface area contributed by atoms with E-state index in [2.05, 4.69) is 48.3 Å². The van der Waals surface area contributed by atoms with E-state index in [-0.39, 0.29) is 0 Å². The molecule has 104 valence electrons. The van der Waals surface area contributed by atoms with Gasteiger partial charge in [-0.15, -0.1) is 0 Å². The zero-order valence-electron chi connectivity index (χ0n) is 12.2. The minimum Gasteiger partial charge on any atom is -0.497 e. The van der Waals surface area contributed by atoms with Gasteiger partial charge in [0.15, 0.2) is 0 Å². The molecular weight excluding hydrogens is 258 g/mol. The third-order valence-corrected chi connectivity index (χ3v) is 3.53. The monoisotopic (exact) mass is 275 g/mol. The number of ether oxygens (including phenoxy) is 1. The SMILES string of the molecule is COc1ccc(-c2ccc(-c3ccc(C)cc3)cn2)cc1. The molecule has 0 bridgehead atoms. The standard InChI is InChI=1S/C19H17NO/c1-14-3-5-15(6-4-14)17-9-12-19(20-13-17)16-7-10-18(21-2)11-8-16/h3-13H,1-2H3. The fourth-order valence-corrected chi connectivity index (χ4v) is 2.24. The second-order valence-electron chi connectivity index (χ2n) is 5.03. The summed E-state index contributed by atoms with van der Waals surface area (Å²) in [6, 6.07) is 20.6. The van der Waals surface area contributed by atoms with Gasteiger partial charge < -0.3 is 4.74 Å². The quantitative estimate of drug-likeness (QED) is 0.689. The molecule has 0 aliphatic heterocycles. The van der Waals surface area contributed by atoms with Gasteiger partial charge in [0, 0.05) is 17.3 Å². The van der Waals surface area contributed by atoms with Crippen molar-refractivity contribution < 1.29 is 4.74 Å². The molecule has 3 aromatic rings. The normalized spacial score (nSPS) is 10.4. The first-order valence-corrected chi connectivity index (χ1v) is 6.94. The van der Waals surface area contributed by atoms with Gasteiger partial charge in [-0.3, -0.25) is 4.98 Å². The second-order valence-corrected chi connectivity index (χ2v) is 5.03. The lowest BCUT2D eigenvalue weighted by molar-refractivity contribution is 0.415. The van der Waals surface area contributed by atoms with Crippen LogP contribution in [0.15, 0.2) is 66.9 Å². The fourth-order valence-electron chi connectivity index (χ4n) is 2.24. The highest BCUT2D eigenvalue weighted by Crippen LogP contribution is 2.24. The molecule has 0 spiro atoms. The minimum atomic E-state index is 0.857. The van der Waals surface area contributed by atoms with Crippen molar-refractivity contribution in [3.63, 3.8) is 0 Å². The van der Waals surface area contributed by atoms with E-state index in [4.69, 9.17) is 4.74 Å². The van der Waals surface area contributed by atoms with Crippen LogP contribution in [0.3, 0.4) is 0 Å². The van der Waals surface area contributed by atoms with Crippen LogP contribution in [-0.4, -0.2) is 12.1 Å². The van der Waals surface area contributed by atoms with E-state index in [1.165, 1.54) is 11.1 Å². The first-order valence-electron chi connectivity index (χ1n) is 6.94. The largest absolute Gasteiger partial charge is 0.497 e. The third-order valence-electron chi connectivity index (χ3n) is 3.53. The molecule has 2 aromatic carbocycles. The van der Waals surface area contributed by atoms with Crippen molar-refractivity contribution >= 4 is 0 Å². The average molecular weight is 275 g/mol. The number of aromatic nitrogens is 1. The lowest BCUT2D eigenvalue weighted by Gasteiger charge is -2.05. The topological polar surface area (TPSA) is 22.1 Å². The van der Waals surface area contributed by atoms with Gasteiger partial charge in [0.05, 0.1) is 12.8 Å². The summed E-state index contributed by atoms with van der Waals surface area (Å²) < 4.78 is 5.17.